The van der Waals surface area contributed by atoms with Crippen molar-refractivity contribution in [2.24, 2.45) is 0 Å². The first-order chi connectivity index (χ1) is 8.16. The van der Waals surface area contributed by atoms with Gasteiger partial charge in [0.05, 0.1) is 5.69 Å². The zero-order valence-electron chi connectivity index (χ0n) is 8.65. The third kappa shape index (κ3) is 3.17. The van der Waals surface area contributed by atoms with E-state index in [4.69, 9.17) is 11.6 Å². The van der Waals surface area contributed by atoms with E-state index in [1.807, 2.05) is 12.1 Å². The van der Waals surface area contributed by atoms with Crippen LogP contribution in [0.1, 0.15) is 10.4 Å². The van der Waals surface area contributed by atoms with Crippen molar-refractivity contribution in [3.05, 3.63) is 56.9 Å². The molecule has 1 aromatic carbocycles. The summed E-state index contributed by atoms with van der Waals surface area (Å²) in [5, 5.41) is 2.99. The maximum Gasteiger partial charge on any atom is 0.255 e. The quantitative estimate of drug-likeness (QED) is 0.658. The molecule has 0 saturated heterocycles. The number of carbonyl (C=O) groups is 1. The molecule has 3 nitrogen and oxygen atoms in total. The molecule has 1 N–H and O–H groups in total. The normalized spacial score (nSPS) is 10.0. The monoisotopic (exact) mass is 358 g/mol. The third-order valence-electron chi connectivity index (χ3n) is 2.11. The van der Waals surface area contributed by atoms with Crippen molar-refractivity contribution < 1.29 is 4.79 Å². The molecule has 0 radical (unpaired) electrons. The molecule has 0 saturated carbocycles. The van der Waals surface area contributed by atoms with Crippen LogP contribution in [0.25, 0.3) is 0 Å². The Balaban J connectivity index is 2.17. The Bertz CT molecular complexity index is 542. The zero-order valence-corrected chi connectivity index (χ0v) is 11.6. The second-order valence-corrected chi connectivity index (χ2v) is 4.91. The number of carbonyl (C=O) groups excluding carboxylic acids is 1. The first-order valence-electron chi connectivity index (χ1n) is 4.84. The van der Waals surface area contributed by atoms with E-state index in [-0.39, 0.29) is 11.1 Å². The third-order valence-corrected chi connectivity index (χ3v) is 3.13. The van der Waals surface area contributed by atoms with Gasteiger partial charge in [-0.15, -0.1) is 0 Å². The summed E-state index contributed by atoms with van der Waals surface area (Å²) < 4.78 is 1.08. The van der Waals surface area contributed by atoms with E-state index in [9.17, 15) is 4.79 Å². The van der Waals surface area contributed by atoms with E-state index in [0.29, 0.717) is 11.3 Å². The van der Waals surface area contributed by atoms with Crippen molar-refractivity contribution in [3.63, 3.8) is 0 Å². The van der Waals surface area contributed by atoms with Gasteiger partial charge in [0.15, 0.2) is 5.15 Å². The van der Waals surface area contributed by atoms with Crippen LogP contribution >= 0.6 is 34.2 Å². The number of benzene rings is 1. The summed E-state index contributed by atoms with van der Waals surface area (Å²) in [5.74, 6) is -0.198. The largest absolute Gasteiger partial charge is 0.319 e. The molecule has 86 valence electrons. The average molecular weight is 359 g/mol. The van der Waals surface area contributed by atoms with Crippen LogP contribution in [-0.4, -0.2) is 10.9 Å². The van der Waals surface area contributed by atoms with Crippen molar-refractivity contribution in [3.8, 4) is 0 Å². The summed E-state index contributed by atoms with van der Waals surface area (Å²) in [4.78, 5) is 15.8. The topological polar surface area (TPSA) is 42.0 Å². The molecule has 0 aliphatic carbocycles. The molecule has 0 unspecified atom stereocenters. The van der Waals surface area contributed by atoms with Gasteiger partial charge in [0, 0.05) is 15.3 Å². The molecule has 2 aromatic rings. The van der Waals surface area contributed by atoms with E-state index >= 15 is 0 Å². The molecular weight excluding hydrogens is 351 g/mol. The van der Waals surface area contributed by atoms with Crippen molar-refractivity contribution >= 4 is 45.8 Å². The van der Waals surface area contributed by atoms with E-state index < -0.39 is 0 Å². The van der Waals surface area contributed by atoms with Crippen LogP contribution in [0.5, 0.6) is 0 Å². The minimum absolute atomic E-state index is 0.198. The maximum absolute atomic E-state index is 11.9. The van der Waals surface area contributed by atoms with Gasteiger partial charge in [0.25, 0.3) is 5.91 Å². The standard InChI is InChI=1S/C12H8ClIN2O/c13-11-10(2-1-7-15-11)16-12(17)8-3-5-9(14)6-4-8/h1-7H,(H,16,17). The summed E-state index contributed by atoms with van der Waals surface area (Å²) in [7, 11) is 0. The Hall–Kier alpha value is -1.14. The van der Waals surface area contributed by atoms with Gasteiger partial charge in [-0.05, 0) is 59.0 Å². The molecule has 2 rings (SSSR count). The van der Waals surface area contributed by atoms with Gasteiger partial charge in [0.1, 0.15) is 0 Å². The minimum atomic E-state index is -0.198. The van der Waals surface area contributed by atoms with Crippen LogP contribution in [0.3, 0.4) is 0 Å². The highest BCUT2D eigenvalue weighted by atomic mass is 127. The van der Waals surface area contributed by atoms with Gasteiger partial charge >= 0.3 is 0 Å². The molecule has 5 heteroatoms. The summed E-state index contributed by atoms with van der Waals surface area (Å²) in [6.45, 7) is 0. The van der Waals surface area contributed by atoms with Crippen molar-refractivity contribution in [2.75, 3.05) is 5.32 Å². The Morgan fingerprint density at radius 3 is 2.59 bits per heavy atom. The lowest BCUT2D eigenvalue weighted by Crippen LogP contribution is -2.12. The van der Waals surface area contributed by atoms with Gasteiger partial charge in [-0.2, -0.15) is 0 Å². The molecular formula is C12H8ClIN2O. The Morgan fingerprint density at radius 2 is 1.94 bits per heavy atom. The van der Waals surface area contributed by atoms with Crippen LogP contribution in [0, 0.1) is 3.57 Å². The van der Waals surface area contributed by atoms with Crippen LogP contribution in [-0.2, 0) is 0 Å². The molecule has 0 bridgehead atoms. The van der Waals surface area contributed by atoms with Gasteiger partial charge in [0.2, 0.25) is 0 Å². The molecule has 1 aromatic heterocycles. The number of nitrogens with one attached hydrogen (secondary N) is 1. The SMILES string of the molecule is O=C(Nc1cccnc1Cl)c1ccc(I)cc1. The van der Waals surface area contributed by atoms with Crippen molar-refractivity contribution in [1.29, 1.82) is 0 Å². The van der Waals surface area contributed by atoms with Gasteiger partial charge in [-0.1, -0.05) is 11.6 Å². The number of amides is 1. The van der Waals surface area contributed by atoms with Gasteiger partial charge in [-0.3, -0.25) is 4.79 Å². The lowest BCUT2D eigenvalue weighted by molar-refractivity contribution is 0.102. The number of pyridine rings is 1. The average Bonchev–Trinajstić information content (AvgIpc) is 2.33. The summed E-state index contributed by atoms with van der Waals surface area (Å²) in [5.41, 5.74) is 1.10. The molecule has 0 aliphatic heterocycles. The fraction of sp³-hybridized carbons (Fsp3) is 0. The number of anilines is 1. The Morgan fingerprint density at radius 1 is 1.24 bits per heavy atom. The van der Waals surface area contributed by atoms with Crippen LogP contribution in [0.2, 0.25) is 5.15 Å². The van der Waals surface area contributed by atoms with Crippen molar-refractivity contribution in [1.82, 2.24) is 4.98 Å². The Kier molecular flexibility index (Phi) is 3.96. The van der Waals surface area contributed by atoms with E-state index in [0.717, 1.165) is 3.57 Å². The molecule has 0 aliphatic rings. The van der Waals surface area contributed by atoms with E-state index in [1.165, 1.54) is 0 Å². The number of aromatic nitrogens is 1. The molecule has 17 heavy (non-hydrogen) atoms. The minimum Gasteiger partial charge on any atom is -0.319 e. The van der Waals surface area contributed by atoms with Crippen LogP contribution in [0.4, 0.5) is 5.69 Å². The second kappa shape index (κ2) is 5.46. The highest BCUT2D eigenvalue weighted by molar-refractivity contribution is 14.1. The predicted octanol–water partition coefficient (Wildman–Crippen LogP) is 3.59. The summed E-state index contributed by atoms with van der Waals surface area (Å²) in [6, 6.07) is 10.7. The molecule has 0 spiro atoms. The molecule has 1 amide bonds. The van der Waals surface area contributed by atoms with E-state index in [1.54, 1.807) is 30.5 Å². The molecule has 1 heterocycles. The van der Waals surface area contributed by atoms with Crippen LogP contribution < -0.4 is 5.32 Å². The predicted molar refractivity (Wildman–Crippen MR) is 76.4 cm³/mol. The number of hydrogen-bond acceptors (Lipinski definition) is 2. The summed E-state index contributed by atoms with van der Waals surface area (Å²) in [6.07, 6.45) is 1.57. The fourth-order valence-electron chi connectivity index (χ4n) is 1.28. The number of nitrogens with zero attached hydrogens (tertiary/aromatic N) is 1. The number of halogens is 2. The van der Waals surface area contributed by atoms with E-state index in [2.05, 4.69) is 32.9 Å². The lowest BCUT2D eigenvalue weighted by atomic mass is 10.2. The zero-order chi connectivity index (χ0) is 12.3. The Labute approximate surface area is 117 Å². The first-order valence-corrected chi connectivity index (χ1v) is 6.30. The fourth-order valence-corrected chi connectivity index (χ4v) is 1.80. The second-order valence-electron chi connectivity index (χ2n) is 3.30. The first kappa shape index (κ1) is 12.3. The highest BCUT2D eigenvalue weighted by Gasteiger charge is 2.08. The molecule has 0 atom stereocenters. The summed E-state index contributed by atoms with van der Waals surface area (Å²) >= 11 is 8.04. The number of rotatable bonds is 2. The van der Waals surface area contributed by atoms with Gasteiger partial charge in [-0.25, -0.2) is 4.98 Å². The lowest BCUT2D eigenvalue weighted by Gasteiger charge is -2.06. The smallest absolute Gasteiger partial charge is 0.255 e. The maximum atomic E-state index is 11.9. The molecule has 0 fully saturated rings. The highest BCUT2D eigenvalue weighted by Crippen LogP contribution is 2.18. The van der Waals surface area contributed by atoms with Crippen LogP contribution in [0.15, 0.2) is 42.6 Å². The number of hydrogen-bond donors (Lipinski definition) is 1. The van der Waals surface area contributed by atoms with Gasteiger partial charge < -0.3 is 5.32 Å². The van der Waals surface area contributed by atoms with Crippen molar-refractivity contribution in [2.45, 2.75) is 0 Å².